The molecule has 0 fully saturated rings. The Balaban J connectivity index is 5.79. The summed E-state index contributed by atoms with van der Waals surface area (Å²) in [4.78, 5) is 0. The zero-order valence-electron chi connectivity index (χ0n) is 43.9. The number of aliphatic hydroxyl groups excluding tert-OH is 1. The van der Waals surface area contributed by atoms with Gasteiger partial charge in [0.05, 0.1) is 12.2 Å². The number of rotatable bonds is 24. The lowest BCUT2D eigenvalue weighted by Gasteiger charge is -2.43. The zero-order chi connectivity index (χ0) is 46.1. The second-order valence-electron chi connectivity index (χ2n) is 25.0. The topological polar surface area (TPSA) is 57.2 Å². The predicted molar refractivity (Wildman–Crippen MR) is 268 cm³/mol. The summed E-state index contributed by atoms with van der Waals surface area (Å²) < 4.78 is 27.7. The van der Waals surface area contributed by atoms with Crippen LogP contribution in [-0.2, 0) is 17.7 Å². The van der Waals surface area contributed by atoms with Gasteiger partial charge in [0.25, 0.3) is 0 Å². The summed E-state index contributed by atoms with van der Waals surface area (Å²) in [6.07, 6.45) is 11.5. The van der Waals surface area contributed by atoms with Crippen molar-refractivity contribution in [1.82, 2.24) is 0 Å². The first-order chi connectivity index (χ1) is 25.7. The second-order valence-corrected chi connectivity index (χ2v) is 44.0. The lowest BCUT2D eigenvalue weighted by molar-refractivity contribution is 0.0797. The van der Waals surface area contributed by atoms with E-state index in [1.807, 2.05) is 0 Å². The van der Waals surface area contributed by atoms with Crippen LogP contribution in [0, 0.1) is 17.8 Å². The van der Waals surface area contributed by atoms with E-state index in [0.717, 1.165) is 45.1 Å². The van der Waals surface area contributed by atoms with Crippen LogP contribution >= 0.6 is 0 Å². The molecule has 0 aromatic carbocycles. The number of aliphatic hydroxyl groups is 1. The molecule has 9 heteroatoms. The van der Waals surface area contributed by atoms with Crippen molar-refractivity contribution in [3.8, 4) is 0 Å². The summed E-state index contributed by atoms with van der Waals surface area (Å²) in [6.45, 7) is 61.3. The Morgan fingerprint density at radius 3 is 1.41 bits per heavy atom. The molecule has 0 radical (unpaired) electrons. The fourth-order valence-electron chi connectivity index (χ4n) is 6.53. The molecule has 0 aromatic rings. The Kier molecular flexibility index (Phi) is 22.7. The molecule has 0 rings (SSSR count). The standard InChI is InChI=1S/C49H104O5Si4/c1-37(33-40(4)44(53-57(23,24)48(13,14)15)29-27-28-32-51-55(19,20)46(7,8)9)30-31-43(50)39(3)34-38(2)35-41(5)45(54-58(25,26)49(16,17)18)36-42(6)52-56(21,22)47(10,11)12/h30,35,39-45,50H,27-29,31-34,36H2,1-26H3/b37-30+,38-35+/t39-,40-,41+,42+,43+,44-,45+/m0/s1. The van der Waals surface area contributed by atoms with Crippen LogP contribution in [0.3, 0.4) is 0 Å². The highest BCUT2D eigenvalue weighted by molar-refractivity contribution is 6.75. The fraction of sp³-hybridized carbons (Fsp3) is 0.918. The molecule has 0 aliphatic heterocycles. The van der Waals surface area contributed by atoms with Crippen LogP contribution in [0.15, 0.2) is 23.3 Å². The second kappa shape index (κ2) is 22.7. The van der Waals surface area contributed by atoms with Crippen molar-refractivity contribution in [3.05, 3.63) is 23.3 Å². The summed E-state index contributed by atoms with van der Waals surface area (Å²) in [6, 6.07) is 0. The Morgan fingerprint density at radius 1 is 0.552 bits per heavy atom. The van der Waals surface area contributed by atoms with E-state index in [2.05, 4.69) is 189 Å². The van der Waals surface area contributed by atoms with Gasteiger partial charge in [0, 0.05) is 18.8 Å². The molecule has 0 aliphatic carbocycles. The van der Waals surface area contributed by atoms with Gasteiger partial charge in [0.2, 0.25) is 0 Å². The normalized spacial score (nSPS) is 18.8. The number of unbranched alkanes of at least 4 members (excludes halogenated alkanes) is 1. The summed E-state index contributed by atoms with van der Waals surface area (Å²) in [5, 5.41) is 12.1. The van der Waals surface area contributed by atoms with Gasteiger partial charge >= 0.3 is 0 Å². The highest BCUT2D eigenvalue weighted by Crippen LogP contribution is 2.42. The summed E-state index contributed by atoms with van der Waals surface area (Å²) >= 11 is 0. The van der Waals surface area contributed by atoms with Gasteiger partial charge in [-0.15, -0.1) is 0 Å². The summed E-state index contributed by atoms with van der Waals surface area (Å²) in [5.41, 5.74) is 2.68. The van der Waals surface area contributed by atoms with Crippen LogP contribution in [0.2, 0.25) is 72.5 Å². The van der Waals surface area contributed by atoms with Gasteiger partial charge < -0.3 is 22.8 Å². The van der Waals surface area contributed by atoms with Crippen molar-refractivity contribution in [3.63, 3.8) is 0 Å². The van der Waals surface area contributed by atoms with Crippen LogP contribution in [-0.4, -0.2) is 69.4 Å². The molecular formula is C49H104O5Si4. The molecule has 0 saturated heterocycles. The molecule has 0 spiro atoms. The average molecular weight is 886 g/mol. The van der Waals surface area contributed by atoms with Crippen molar-refractivity contribution < 1.29 is 22.8 Å². The lowest BCUT2D eigenvalue weighted by Crippen LogP contribution is -2.48. The minimum absolute atomic E-state index is 0.0865. The highest BCUT2D eigenvalue weighted by Gasteiger charge is 2.43. The van der Waals surface area contributed by atoms with Crippen LogP contribution in [0.4, 0.5) is 0 Å². The Hall–Kier alpha value is 0.148. The van der Waals surface area contributed by atoms with Crippen LogP contribution in [0.5, 0.6) is 0 Å². The lowest BCUT2D eigenvalue weighted by atomic mass is 9.89. The third-order valence-corrected chi connectivity index (χ3v) is 33.1. The monoisotopic (exact) mass is 885 g/mol. The van der Waals surface area contributed by atoms with Gasteiger partial charge in [0.1, 0.15) is 0 Å². The Labute approximate surface area is 368 Å². The maximum Gasteiger partial charge on any atom is 0.192 e. The van der Waals surface area contributed by atoms with Gasteiger partial charge in [0.15, 0.2) is 33.3 Å². The zero-order valence-corrected chi connectivity index (χ0v) is 47.9. The maximum atomic E-state index is 11.4. The molecule has 0 saturated carbocycles. The van der Waals surface area contributed by atoms with Crippen molar-refractivity contribution >= 4 is 33.3 Å². The van der Waals surface area contributed by atoms with Gasteiger partial charge in [-0.25, -0.2) is 0 Å². The maximum absolute atomic E-state index is 11.4. The molecule has 1 N–H and O–H groups in total. The van der Waals surface area contributed by atoms with Gasteiger partial charge in [-0.2, -0.15) is 0 Å². The van der Waals surface area contributed by atoms with E-state index in [1.54, 1.807) is 0 Å². The molecule has 0 aliphatic rings. The van der Waals surface area contributed by atoms with E-state index in [0.29, 0.717) is 12.3 Å². The van der Waals surface area contributed by atoms with E-state index >= 15 is 0 Å². The minimum atomic E-state index is -2.01. The van der Waals surface area contributed by atoms with Crippen LogP contribution in [0.25, 0.3) is 0 Å². The molecule has 5 nitrogen and oxygen atoms in total. The number of hydrogen-bond acceptors (Lipinski definition) is 5. The molecule has 0 heterocycles. The molecule has 7 atom stereocenters. The van der Waals surface area contributed by atoms with E-state index in [9.17, 15) is 5.11 Å². The van der Waals surface area contributed by atoms with E-state index in [-0.39, 0.29) is 56.4 Å². The molecule has 0 bridgehead atoms. The van der Waals surface area contributed by atoms with Crippen molar-refractivity contribution in [2.75, 3.05) is 6.61 Å². The largest absolute Gasteiger partial charge is 0.417 e. The molecule has 58 heavy (non-hydrogen) atoms. The summed E-state index contributed by atoms with van der Waals surface area (Å²) in [7, 11) is -7.57. The molecular weight excluding hydrogens is 781 g/mol. The average Bonchev–Trinajstić information content (AvgIpc) is 2.99. The van der Waals surface area contributed by atoms with Crippen LogP contribution in [0.1, 0.15) is 170 Å². The first-order valence-corrected chi connectivity index (χ1v) is 35.0. The molecule has 0 unspecified atom stereocenters. The van der Waals surface area contributed by atoms with Crippen molar-refractivity contribution in [1.29, 1.82) is 0 Å². The Bertz CT molecular complexity index is 1260. The van der Waals surface area contributed by atoms with Crippen molar-refractivity contribution in [2.24, 2.45) is 17.8 Å². The van der Waals surface area contributed by atoms with Crippen molar-refractivity contribution in [2.45, 2.75) is 267 Å². The smallest absolute Gasteiger partial charge is 0.192 e. The van der Waals surface area contributed by atoms with E-state index in [1.165, 1.54) is 11.1 Å². The third kappa shape index (κ3) is 19.7. The minimum Gasteiger partial charge on any atom is -0.417 e. The number of allylic oxidation sites excluding steroid dienone is 2. The SMILES string of the molecule is C/C(=C\[C@@H](C)[C@@H](C[C@@H](C)O[Si](C)(C)C(C)(C)C)O[Si](C)(C)C(C)(C)C)C[C@H](C)[C@H](O)C/C=C(\C)C[C@H](C)[C@H](CCCCO[Si](C)(C)C(C)(C)C)O[Si](C)(C)C(C)(C)C. The molecule has 346 valence electrons. The van der Waals surface area contributed by atoms with Crippen LogP contribution < -0.4 is 0 Å². The van der Waals surface area contributed by atoms with Gasteiger partial charge in [-0.1, -0.05) is 127 Å². The highest BCUT2D eigenvalue weighted by atomic mass is 28.4. The van der Waals surface area contributed by atoms with Gasteiger partial charge in [-0.05, 0) is 156 Å². The molecule has 0 aromatic heterocycles. The molecule has 0 amide bonds. The first-order valence-electron chi connectivity index (χ1n) is 23.4. The number of hydrogen-bond donors (Lipinski definition) is 1. The third-order valence-electron chi connectivity index (χ3n) is 14.9. The Morgan fingerprint density at radius 2 is 0.966 bits per heavy atom. The quantitative estimate of drug-likeness (QED) is 0.0594. The summed E-state index contributed by atoms with van der Waals surface area (Å²) in [5.74, 6) is 0.817. The van der Waals surface area contributed by atoms with Gasteiger partial charge in [-0.3, -0.25) is 0 Å². The van der Waals surface area contributed by atoms with E-state index < -0.39 is 33.3 Å². The first kappa shape index (κ1) is 58.1. The predicted octanol–water partition coefficient (Wildman–Crippen LogP) is 16.1. The van der Waals surface area contributed by atoms with E-state index in [4.69, 9.17) is 17.7 Å². The fourth-order valence-corrected chi connectivity index (χ4v) is 12.0.